The second-order valence-corrected chi connectivity index (χ2v) is 5.24. The van der Waals surface area contributed by atoms with E-state index in [1.165, 1.54) is 12.8 Å². The largest absolute Gasteiger partial charge is 0.349 e. The smallest absolute Gasteiger partial charge is 0.262 e. The molecule has 0 radical (unpaired) electrons. The zero-order chi connectivity index (χ0) is 14.2. The quantitative estimate of drug-likeness (QED) is 0.518. The van der Waals surface area contributed by atoms with Crippen LogP contribution < -0.4 is 5.32 Å². The highest BCUT2D eigenvalue weighted by Crippen LogP contribution is 2.17. The van der Waals surface area contributed by atoms with E-state index < -0.39 is 0 Å². The lowest BCUT2D eigenvalue weighted by Crippen LogP contribution is -2.35. The van der Waals surface area contributed by atoms with Crippen molar-refractivity contribution in [1.82, 2.24) is 5.32 Å². The molecule has 0 bridgehead atoms. The van der Waals surface area contributed by atoms with Crippen molar-refractivity contribution in [3.63, 3.8) is 0 Å². The number of nitrogens with one attached hydrogen (secondary N) is 1. The number of carbonyl (C=O) groups is 1. The van der Waals surface area contributed by atoms with Crippen LogP contribution in [-0.2, 0) is 4.79 Å². The summed E-state index contributed by atoms with van der Waals surface area (Å²) in [6.07, 6.45) is 8.51. The lowest BCUT2D eigenvalue weighted by atomic mass is 10.1. The Balaban J connectivity index is 2.02. The van der Waals surface area contributed by atoms with Gasteiger partial charge in [0, 0.05) is 6.04 Å². The van der Waals surface area contributed by atoms with Crippen LogP contribution in [0.25, 0.3) is 6.08 Å². The van der Waals surface area contributed by atoms with Crippen molar-refractivity contribution >= 4 is 12.0 Å². The Morgan fingerprint density at radius 2 is 1.80 bits per heavy atom. The number of rotatable bonds is 3. The van der Waals surface area contributed by atoms with Crippen molar-refractivity contribution < 1.29 is 4.79 Å². The van der Waals surface area contributed by atoms with Crippen molar-refractivity contribution in [1.29, 1.82) is 5.26 Å². The molecule has 1 fully saturated rings. The Bertz CT molecular complexity index is 506. The first kappa shape index (κ1) is 14.3. The number of benzene rings is 1. The summed E-state index contributed by atoms with van der Waals surface area (Å²) >= 11 is 0. The van der Waals surface area contributed by atoms with E-state index in [1.54, 1.807) is 6.08 Å². The van der Waals surface area contributed by atoms with Crippen LogP contribution in [0, 0.1) is 11.3 Å². The summed E-state index contributed by atoms with van der Waals surface area (Å²) in [5.41, 5.74) is 1.06. The van der Waals surface area contributed by atoms with Crippen LogP contribution in [0.5, 0.6) is 0 Å². The van der Waals surface area contributed by atoms with E-state index >= 15 is 0 Å². The zero-order valence-electron chi connectivity index (χ0n) is 11.6. The summed E-state index contributed by atoms with van der Waals surface area (Å²) in [5, 5.41) is 12.2. The molecule has 1 aliphatic carbocycles. The summed E-state index contributed by atoms with van der Waals surface area (Å²) in [7, 11) is 0. The Morgan fingerprint density at radius 3 is 2.40 bits per heavy atom. The maximum absolute atomic E-state index is 12.2. The Labute approximate surface area is 120 Å². The fourth-order valence-electron chi connectivity index (χ4n) is 2.55. The van der Waals surface area contributed by atoms with Crippen molar-refractivity contribution in [2.24, 2.45) is 0 Å². The Hall–Kier alpha value is -2.08. The molecule has 104 valence electrons. The number of nitriles is 1. The van der Waals surface area contributed by atoms with E-state index in [4.69, 9.17) is 5.26 Å². The molecule has 0 heterocycles. The molecule has 1 aromatic carbocycles. The van der Waals surface area contributed by atoms with E-state index in [0.717, 1.165) is 31.2 Å². The maximum Gasteiger partial charge on any atom is 0.262 e. The van der Waals surface area contributed by atoms with Gasteiger partial charge in [0.25, 0.3) is 5.91 Å². The lowest BCUT2D eigenvalue weighted by molar-refractivity contribution is -0.117. The minimum atomic E-state index is -0.247. The molecule has 2 rings (SSSR count). The normalized spacial score (nSPS) is 17.1. The first-order valence-electron chi connectivity index (χ1n) is 7.27. The van der Waals surface area contributed by atoms with Gasteiger partial charge in [0.1, 0.15) is 11.6 Å². The molecular weight excluding hydrogens is 248 g/mol. The fourth-order valence-corrected chi connectivity index (χ4v) is 2.55. The van der Waals surface area contributed by atoms with Gasteiger partial charge in [-0.15, -0.1) is 0 Å². The minimum absolute atomic E-state index is 0.181. The number of nitrogens with zero attached hydrogens (tertiary/aromatic N) is 1. The molecule has 1 aliphatic rings. The predicted octanol–water partition coefficient (Wildman–Crippen LogP) is 3.43. The molecule has 0 aliphatic heterocycles. The summed E-state index contributed by atoms with van der Waals surface area (Å²) in [4.78, 5) is 12.2. The Kier molecular flexibility index (Phi) is 5.37. The molecule has 20 heavy (non-hydrogen) atoms. The van der Waals surface area contributed by atoms with Crippen LogP contribution in [0.2, 0.25) is 0 Å². The Morgan fingerprint density at radius 1 is 1.15 bits per heavy atom. The highest BCUT2D eigenvalue weighted by Gasteiger charge is 2.17. The van der Waals surface area contributed by atoms with E-state index in [1.807, 2.05) is 36.4 Å². The molecule has 1 saturated carbocycles. The molecule has 0 aromatic heterocycles. The number of hydrogen-bond acceptors (Lipinski definition) is 2. The minimum Gasteiger partial charge on any atom is -0.349 e. The van der Waals surface area contributed by atoms with Crippen LogP contribution in [-0.4, -0.2) is 11.9 Å². The van der Waals surface area contributed by atoms with Gasteiger partial charge in [-0.3, -0.25) is 4.79 Å². The van der Waals surface area contributed by atoms with Crippen molar-refractivity contribution in [2.45, 2.75) is 44.6 Å². The third kappa shape index (κ3) is 4.24. The van der Waals surface area contributed by atoms with Crippen LogP contribution in [0.1, 0.15) is 44.1 Å². The summed E-state index contributed by atoms with van der Waals surface area (Å²) in [6.45, 7) is 0. The first-order valence-corrected chi connectivity index (χ1v) is 7.27. The average molecular weight is 268 g/mol. The zero-order valence-corrected chi connectivity index (χ0v) is 11.6. The third-order valence-corrected chi connectivity index (χ3v) is 3.67. The van der Waals surface area contributed by atoms with Crippen molar-refractivity contribution in [2.75, 3.05) is 0 Å². The monoisotopic (exact) mass is 268 g/mol. The van der Waals surface area contributed by atoms with Gasteiger partial charge >= 0.3 is 0 Å². The molecular formula is C17H20N2O. The molecule has 0 atom stereocenters. The molecule has 0 unspecified atom stereocenters. The van der Waals surface area contributed by atoms with Gasteiger partial charge in [-0.2, -0.15) is 5.26 Å². The van der Waals surface area contributed by atoms with E-state index in [2.05, 4.69) is 5.32 Å². The average Bonchev–Trinajstić information content (AvgIpc) is 2.74. The van der Waals surface area contributed by atoms with Gasteiger partial charge < -0.3 is 5.32 Å². The topological polar surface area (TPSA) is 52.9 Å². The molecule has 1 amide bonds. The highest BCUT2D eigenvalue weighted by molar-refractivity contribution is 6.01. The van der Waals surface area contributed by atoms with Crippen LogP contribution in [0.4, 0.5) is 0 Å². The standard InChI is InChI=1S/C17H20N2O/c18-13-15(12-14-8-4-3-5-9-14)17(20)19-16-10-6-1-2-7-11-16/h3-5,8-9,12,16H,1-2,6-7,10-11H2,(H,19,20)/b15-12+. The van der Waals surface area contributed by atoms with E-state index in [9.17, 15) is 4.79 Å². The van der Waals surface area contributed by atoms with Gasteiger partial charge in [0.2, 0.25) is 0 Å². The van der Waals surface area contributed by atoms with Gasteiger partial charge in [-0.25, -0.2) is 0 Å². The predicted molar refractivity (Wildman–Crippen MR) is 79.7 cm³/mol. The molecule has 1 aromatic rings. The lowest BCUT2D eigenvalue weighted by Gasteiger charge is -2.15. The van der Waals surface area contributed by atoms with E-state index in [-0.39, 0.29) is 17.5 Å². The third-order valence-electron chi connectivity index (χ3n) is 3.67. The summed E-state index contributed by atoms with van der Waals surface area (Å²) < 4.78 is 0. The highest BCUT2D eigenvalue weighted by atomic mass is 16.1. The molecule has 3 heteroatoms. The van der Waals surface area contributed by atoms with Crippen molar-refractivity contribution in [3.05, 3.63) is 41.5 Å². The van der Waals surface area contributed by atoms with Gasteiger partial charge in [-0.05, 0) is 24.5 Å². The van der Waals surface area contributed by atoms with Gasteiger partial charge in [0.05, 0.1) is 0 Å². The van der Waals surface area contributed by atoms with Gasteiger partial charge in [0.15, 0.2) is 0 Å². The van der Waals surface area contributed by atoms with Crippen molar-refractivity contribution in [3.8, 4) is 6.07 Å². The maximum atomic E-state index is 12.2. The molecule has 0 spiro atoms. The summed E-state index contributed by atoms with van der Waals surface area (Å²) in [5.74, 6) is -0.247. The number of hydrogen-bond donors (Lipinski definition) is 1. The fraction of sp³-hybridized carbons (Fsp3) is 0.412. The SMILES string of the molecule is N#C/C(=C\c1ccccc1)C(=O)NC1CCCCCC1. The van der Waals surface area contributed by atoms with Crippen LogP contribution in [0.15, 0.2) is 35.9 Å². The second kappa shape index (κ2) is 7.49. The van der Waals surface area contributed by atoms with Gasteiger partial charge in [-0.1, -0.05) is 56.0 Å². The number of carbonyl (C=O) groups excluding carboxylic acids is 1. The molecule has 0 saturated heterocycles. The molecule has 3 nitrogen and oxygen atoms in total. The molecule has 1 N–H and O–H groups in total. The number of amides is 1. The van der Waals surface area contributed by atoms with Crippen LogP contribution in [0.3, 0.4) is 0 Å². The second-order valence-electron chi connectivity index (χ2n) is 5.24. The summed E-state index contributed by atoms with van der Waals surface area (Å²) in [6, 6.07) is 11.7. The first-order chi connectivity index (χ1) is 9.79. The van der Waals surface area contributed by atoms with E-state index in [0.29, 0.717) is 0 Å². The van der Waals surface area contributed by atoms with Crippen LogP contribution >= 0.6 is 0 Å².